The Kier molecular flexibility index (Phi) is 7.50. The maximum absolute atomic E-state index is 6.01. The van der Waals surface area contributed by atoms with Crippen molar-refractivity contribution in [3.8, 4) is 6.01 Å². The number of anilines is 1. The van der Waals surface area contributed by atoms with Gasteiger partial charge in [-0.3, -0.25) is 4.90 Å². The number of piperazine rings is 1. The molecule has 3 heterocycles. The molecule has 0 unspecified atom stereocenters. The van der Waals surface area contributed by atoms with Gasteiger partial charge >= 0.3 is 6.01 Å². The van der Waals surface area contributed by atoms with Crippen LogP contribution >= 0.6 is 0 Å². The van der Waals surface area contributed by atoms with E-state index in [9.17, 15) is 0 Å². The lowest BCUT2D eigenvalue weighted by Crippen LogP contribution is -2.44. The second-order valence-corrected chi connectivity index (χ2v) is 7.35. The van der Waals surface area contributed by atoms with Crippen molar-refractivity contribution >= 4 is 5.82 Å². The SMILES string of the molecule is CCCc1c(CC)nc(OCCN2CCCCC2)nc1N1CCNCC1. The molecule has 1 aromatic heterocycles. The lowest BCUT2D eigenvalue weighted by Gasteiger charge is -2.31. The predicted molar refractivity (Wildman–Crippen MR) is 106 cm³/mol. The van der Waals surface area contributed by atoms with E-state index in [-0.39, 0.29) is 0 Å². The van der Waals surface area contributed by atoms with E-state index in [2.05, 4.69) is 29.0 Å². The largest absolute Gasteiger partial charge is 0.462 e. The summed E-state index contributed by atoms with van der Waals surface area (Å²) in [5.74, 6) is 1.10. The van der Waals surface area contributed by atoms with Crippen LogP contribution in [0.4, 0.5) is 5.82 Å². The van der Waals surface area contributed by atoms with Crippen LogP contribution in [0.2, 0.25) is 0 Å². The van der Waals surface area contributed by atoms with E-state index in [0.717, 1.165) is 63.5 Å². The van der Waals surface area contributed by atoms with Crippen LogP contribution in [0, 0.1) is 0 Å². The number of aryl methyl sites for hydroxylation is 1. The molecule has 2 saturated heterocycles. The van der Waals surface area contributed by atoms with Gasteiger partial charge < -0.3 is 15.0 Å². The van der Waals surface area contributed by atoms with Crippen LogP contribution in [-0.4, -0.2) is 67.3 Å². The number of hydrogen-bond acceptors (Lipinski definition) is 6. The van der Waals surface area contributed by atoms with Crippen molar-refractivity contribution < 1.29 is 4.74 Å². The molecule has 0 radical (unpaired) electrons. The third-order valence-electron chi connectivity index (χ3n) is 5.39. The van der Waals surface area contributed by atoms with Crippen LogP contribution in [0.1, 0.15) is 50.8 Å². The Bertz CT molecular complexity index is 553. The van der Waals surface area contributed by atoms with Gasteiger partial charge in [-0.1, -0.05) is 26.7 Å². The molecule has 1 N–H and O–H groups in total. The van der Waals surface area contributed by atoms with Crippen molar-refractivity contribution in [2.75, 3.05) is 57.3 Å². The van der Waals surface area contributed by atoms with Crippen LogP contribution in [0.15, 0.2) is 0 Å². The number of nitrogens with one attached hydrogen (secondary N) is 1. The first-order chi connectivity index (χ1) is 12.8. The second kappa shape index (κ2) is 10.1. The number of likely N-dealkylation sites (tertiary alicyclic amines) is 1. The molecular formula is C20H35N5O. The van der Waals surface area contributed by atoms with Crippen LogP contribution in [0.3, 0.4) is 0 Å². The van der Waals surface area contributed by atoms with Gasteiger partial charge in [0.25, 0.3) is 0 Å². The quantitative estimate of drug-likeness (QED) is 0.767. The summed E-state index contributed by atoms with van der Waals surface area (Å²) in [5, 5.41) is 3.43. The van der Waals surface area contributed by atoms with Crippen molar-refractivity contribution in [1.82, 2.24) is 20.2 Å². The van der Waals surface area contributed by atoms with E-state index in [1.807, 2.05) is 0 Å². The van der Waals surface area contributed by atoms with Crippen molar-refractivity contribution in [2.45, 2.75) is 52.4 Å². The fraction of sp³-hybridized carbons (Fsp3) is 0.800. The van der Waals surface area contributed by atoms with Gasteiger partial charge in [0, 0.05) is 38.3 Å². The van der Waals surface area contributed by atoms with Gasteiger partial charge in [0.15, 0.2) is 0 Å². The van der Waals surface area contributed by atoms with Crippen molar-refractivity contribution in [3.63, 3.8) is 0 Å². The lowest BCUT2D eigenvalue weighted by molar-refractivity contribution is 0.177. The first-order valence-electron chi connectivity index (χ1n) is 10.5. The summed E-state index contributed by atoms with van der Waals surface area (Å²) in [5.41, 5.74) is 2.48. The second-order valence-electron chi connectivity index (χ2n) is 7.35. The molecule has 146 valence electrons. The standard InChI is InChI=1S/C20H35N5O/c1-3-8-17-18(4-2)22-20(23-19(17)25-13-9-21-10-14-25)26-16-15-24-11-6-5-7-12-24/h21H,3-16H2,1-2H3. The fourth-order valence-electron chi connectivity index (χ4n) is 3.95. The summed E-state index contributed by atoms with van der Waals surface area (Å²) in [4.78, 5) is 14.5. The number of nitrogens with zero attached hydrogens (tertiary/aromatic N) is 4. The Morgan fingerprint density at radius 1 is 1.00 bits per heavy atom. The summed E-state index contributed by atoms with van der Waals surface area (Å²) in [6, 6.07) is 0.562. The van der Waals surface area contributed by atoms with Crippen molar-refractivity contribution in [2.24, 2.45) is 0 Å². The summed E-state index contributed by atoms with van der Waals surface area (Å²) in [7, 11) is 0. The number of rotatable bonds is 8. The van der Waals surface area contributed by atoms with Crippen molar-refractivity contribution in [3.05, 3.63) is 11.3 Å². The average molecular weight is 362 g/mol. The molecule has 2 fully saturated rings. The molecule has 0 amide bonds. The number of aromatic nitrogens is 2. The zero-order chi connectivity index (χ0) is 18.2. The zero-order valence-electron chi connectivity index (χ0n) is 16.6. The Morgan fingerprint density at radius 2 is 1.77 bits per heavy atom. The highest BCUT2D eigenvalue weighted by atomic mass is 16.5. The molecule has 0 aromatic carbocycles. The van der Waals surface area contributed by atoms with Gasteiger partial charge in [-0.2, -0.15) is 9.97 Å². The van der Waals surface area contributed by atoms with Crippen LogP contribution in [-0.2, 0) is 12.8 Å². The number of hydrogen-bond donors (Lipinski definition) is 1. The normalized spacial score (nSPS) is 18.9. The number of piperidine rings is 1. The molecule has 1 aromatic rings. The Hall–Kier alpha value is -1.40. The van der Waals surface area contributed by atoms with E-state index in [1.54, 1.807) is 0 Å². The molecule has 0 saturated carbocycles. The molecule has 26 heavy (non-hydrogen) atoms. The zero-order valence-corrected chi connectivity index (χ0v) is 16.6. The topological polar surface area (TPSA) is 53.5 Å². The van der Waals surface area contributed by atoms with Crippen LogP contribution < -0.4 is 15.0 Å². The maximum Gasteiger partial charge on any atom is 0.318 e. The average Bonchev–Trinajstić information content (AvgIpc) is 2.70. The summed E-state index contributed by atoms with van der Waals surface area (Å²) >= 11 is 0. The van der Waals surface area contributed by atoms with E-state index in [0.29, 0.717) is 12.6 Å². The van der Waals surface area contributed by atoms with Gasteiger partial charge in [0.1, 0.15) is 12.4 Å². The summed E-state index contributed by atoms with van der Waals surface area (Å²) < 4.78 is 6.01. The molecular weight excluding hydrogens is 326 g/mol. The maximum atomic E-state index is 6.01. The van der Waals surface area contributed by atoms with Crippen LogP contribution in [0.25, 0.3) is 0 Å². The number of ether oxygens (including phenoxy) is 1. The molecule has 0 bridgehead atoms. The van der Waals surface area contributed by atoms with Gasteiger partial charge in [-0.15, -0.1) is 0 Å². The molecule has 3 rings (SSSR count). The fourth-order valence-corrected chi connectivity index (χ4v) is 3.95. The minimum atomic E-state index is 0.562. The minimum absolute atomic E-state index is 0.562. The van der Waals surface area contributed by atoms with E-state index in [1.165, 1.54) is 37.9 Å². The highest BCUT2D eigenvalue weighted by Gasteiger charge is 2.20. The highest BCUT2D eigenvalue weighted by Crippen LogP contribution is 2.26. The summed E-state index contributed by atoms with van der Waals surface area (Å²) in [6.07, 6.45) is 7.08. The van der Waals surface area contributed by atoms with E-state index >= 15 is 0 Å². The molecule has 0 atom stereocenters. The Balaban J connectivity index is 1.71. The Labute approximate surface area is 158 Å². The lowest BCUT2D eigenvalue weighted by atomic mass is 10.1. The molecule has 2 aliphatic heterocycles. The van der Waals surface area contributed by atoms with E-state index < -0.39 is 0 Å². The first-order valence-corrected chi connectivity index (χ1v) is 10.5. The van der Waals surface area contributed by atoms with Gasteiger partial charge in [0.2, 0.25) is 0 Å². The minimum Gasteiger partial charge on any atom is -0.462 e. The first kappa shape index (κ1) is 19.4. The van der Waals surface area contributed by atoms with Gasteiger partial charge in [-0.05, 0) is 38.8 Å². The third kappa shape index (κ3) is 5.07. The van der Waals surface area contributed by atoms with Gasteiger partial charge in [-0.25, -0.2) is 0 Å². The highest BCUT2D eigenvalue weighted by molar-refractivity contribution is 5.50. The van der Waals surface area contributed by atoms with E-state index in [4.69, 9.17) is 14.7 Å². The van der Waals surface area contributed by atoms with Crippen molar-refractivity contribution in [1.29, 1.82) is 0 Å². The molecule has 6 nitrogen and oxygen atoms in total. The monoisotopic (exact) mass is 361 g/mol. The molecule has 6 heteroatoms. The molecule has 0 spiro atoms. The Morgan fingerprint density at radius 3 is 2.46 bits per heavy atom. The van der Waals surface area contributed by atoms with Gasteiger partial charge in [0.05, 0.1) is 5.69 Å². The predicted octanol–water partition coefficient (Wildman–Crippen LogP) is 2.27. The third-order valence-corrected chi connectivity index (χ3v) is 5.39. The molecule has 2 aliphatic rings. The molecule has 0 aliphatic carbocycles. The smallest absolute Gasteiger partial charge is 0.318 e. The summed E-state index contributed by atoms with van der Waals surface area (Å²) in [6.45, 7) is 12.5. The van der Waals surface area contributed by atoms with Crippen LogP contribution in [0.5, 0.6) is 6.01 Å².